The number of fused-ring (bicyclic) bond motifs is 1. The molecule has 0 spiro atoms. The first-order valence-corrected chi connectivity index (χ1v) is 4.05. The van der Waals surface area contributed by atoms with Gasteiger partial charge in [-0.25, -0.2) is 10.0 Å². The Morgan fingerprint density at radius 1 is 1.67 bits per heavy atom. The zero-order chi connectivity index (χ0) is 10.8. The standard InChI is InChI=1S/C8H7N5O2/c1-2-3-13(15)8-11-6-5(7(14)12-8)9-4-10-6/h1,4,15H,3H2,(H2,9,10,11,12,14). The number of anilines is 1. The van der Waals surface area contributed by atoms with E-state index in [2.05, 4.69) is 25.9 Å². The van der Waals surface area contributed by atoms with Crippen molar-refractivity contribution in [1.82, 2.24) is 19.9 Å². The molecule has 0 saturated carbocycles. The Kier molecular flexibility index (Phi) is 2.11. The fourth-order valence-corrected chi connectivity index (χ4v) is 1.11. The maximum atomic E-state index is 11.4. The van der Waals surface area contributed by atoms with Crippen LogP contribution in [-0.4, -0.2) is 31.7 Å². The third-order valence-electron chi connectivity index (χ3n) is 1.77. The van der Waals surface area contributed by atoms with E-state index in [1.807, 2.05) is 0 Å². The van der Waals surface area contributed by atoms with Crippen LogP contribution in [0.25, 0.3) is 11.2 Å². The Morgan fingerprint density at radius 2 is 2.47 bits per heavy atom. The molecule has 0 unspecified atom stereocenters. The zero-order valence-electron chi connectivity index (χ0n) is 7.56. The summed E-state index contributed by atoms with van der Waals surface area (Å²) >= 11 is 0. The predicted octanol–water partition coefficient (Wildman–Crippen LogP) is -0.525. The summed E-state index contributed by atoms with van der Waals surface area (Å²) in [6.07, 6.45) is 6.35. The molecule has 2 aromatic heterocycles. The molecule has 7 heteroatoms. The molecule has 2 rings (SSSR count). The molecule has 0 aliphatic rings. The highest BCUT2D eigenvalue weighted by Crippen LogP contribution is 2.05. The molecule has 0 radical (unpaired) electrons. The van der Waals surface area contributed by atoms with Gasteiger partial charge in [-0.05, 0) is 0 Å². The van der Waals surface area contributed by atoms with E-state index in [9.17, 15) is 10.0 Å². The van der Waals surface area contributed by atoms with Crippen molar-refractivity contribution < 1.29 is 5.21 Å². The summed E-state index contributed by atoms with van der Waals surface area (Å²) in [5, 5.41) is 10.0. The minimum Gasteiger partial charge on any atom is -0.339 e. The lowest BCUT2D eigenvalue weighted by Crippen LogP contribution is -2.24. The molecule has 76 valence electrons. The molecule has 2 aromatic rings. The van der Waals surface area contributed by atoms with Crippen LogP contribution in [-0.2, 0) is 0 Å². The summed E-state index contributed by atoms with van der Waals surface area (Å²) in [5.41, 5.74) is 0.0706. The van der Waals surface area contributed by atoms with Crippen molar-refractivity contribution in [1.29, 1.82) is 0 Å². The van der Waals surface area contributed by atoms with Gasteiger partial charge in [0.25, 0.3) is 5.56 Å². The predicted molar refractivity (Wildman–Crippen MR) is 52.5 cm³/mol. The van der Waals surface area contributed by atoms with E-state index in [0.717, 1.165) is 0 Å². The van der Waals surface area contributed by atoms with E-state index in [0.29, 0.717) is 5.06 Å². The molecule has 0 atom stereocenters. The summed E-state index contributed by atoms with van der Waals surface area (Å²) in [7, 11) is 0. The van der Waals surface area contributed by atoms with Crippen LogP contribution >= 0.6 is 0 Å². The maximum absolute atomic E-state index is 11.4. The number of aromatic amines is 2. The van der Waals surface area contributed by atoms with Crippen molar-refractivity contribution in [3.63, 3.8) is 0 Å². The second kappa shape index (κ2) is 3.43. The van der Waals surface area contributed by atoms with Gasteiger partial charge in [-0.2, -0.15) is 4.98 Å². The van der Waals surface area contributed by atoms with Crippen molar-refractivity contribution in [2.75, 3.05) is 11.6 Å². The zero-order valence-corrected chi connectivity index (χ0v) is 7.56. The van der Waals surface area contributed by atoms with Crippen molar-refractivity contribution in [3.8, 4) is 12.3 Å². The largest absolute Gasteiger partial charge is 0.339 e. The number of hydroxylamine groups is 1. The number of terminal acetylenes is 1. The van der Waals surface area contributed by atoms with Gasteiger partial charge in [-0.3, -0.25) is 15.0 Å². The van der Waals surface area contributed by atoms with E-state index in [1.54, 1.807) is 0 Å². The summed E-state index contributed by atoms with van der Waals surface area (Å²) in [4.78, 5) is 24.1. The minimum atomic E-state index is -0.413. The van der Waals surface area contributed by atoms with Crippen molar-refractivity contribution in [2.45, 2.75) is 0 Å². The molecule has 0 aliphatic heterocycles. The number of aromatic nitrogens is 4. The molecular formula is C8H7N5O2. The second-order valence-electron chi connectivity index (χ2n) is 2.75. The first kappa shape index (κ1) is 9.23. The Morgan fingerprint density at radius 3 is 3.20 bits per heavy atom. The SMILES string of the molecule is C#CCN(O)c1nc2nc[nH]c2c(=O)[nH]1. The molecule has 3 N–H and O–H groups in total. The summed E-state index contributed by atoms with van der Waals surface area (Å²) in [6, 6.07) is 0. The van der Waals surface area contributed by atoms with Crippen molar-refractivity contribution in [2.24, 2.45) is 0 Å². The average molecular weight is 205 g/mol. The van der Waals surface area contributed by atoms with Crippen LogP contribution in [0.4, 0.5) is 5.95 Å². The normalized spacial score (nSPS) is 10.1. The van der Waals surface area contributed by atoms with Crippen molar-refractivity contribution in [3.05, 3.63) is 16.7 Å². The summed E-state index contributed by atoms with van der Waals surface area (Å²) in [5.74, 6) is 2.18. The van der Waals surface area contributed by atoms with Gasteiger partial charge >= 0.3 is 0 Å². The van der Waals surface area contributed by atoms with Crippen LogP contribution in [0.15, 0.2) is 11.1 Å². The highest BCUT2D eigenvalue weighted by Gasteiger charge is 2.09. The van der Waals surface area contributed by atoms with E-state index in [4.69, 9.17) is 6.42 Å². The quantitative estimate of drug-likeness (QED) is 0.452. The van der Waals surface area contributed by atoms with Gasteiger partial charge in [0, 0.05) is 0 Å². The molecule has 0 aromatic carbocycles. The highest BCUT2D eigenvalue weighted by molar-refractivity contribution is 5.69. The van der Waals surface area contributed by atoms with Crippen LogP contribution in [0.2, 0.25) is 0 Å². The molecule has 0 aliphatic carbocycles. The van der Waals surface area contributed by atoms with E-state index in [1.165, 1.54) is 6.33 Å². The lowest BCUT2D eigenvalue weighted by Gasteiger charge is -2.10. The maximum Gasteiger partial charge on any atom is 0.278 e. The Balaban J connectivity index is 2.55. The van der Waals surface area contributed by atoms with Gasteiger partial charge in [0.15, 0.2) is 11.2 Å². The molecule has 2 heterocycles. The van der Waals surface area contributed by atoms with Crippen LogP contribution in [0.5, 0.6) is 0 Å². The van der Waals surface area contributed by atoms with E-state index >= 15 is 0 Å². The number of rotatable bonds is 2. The first-order valence-electron chi connectivity index (χ1n) is 4.05. The van der Waals surface area contributed by atoms with Gasteiger partial charge in [0.2, 0.25) is 5.95 Å². The number of H-pyrrole nitrogens is 2. The number of nitrogens with zero attached hydrogens (tertiary/aromatic N) is 3. The Bertz CT molecular complexity index is 578. The van der Waals surface area contributed by atoms with E-state index < -0.39 is 5.56 Å². The topological polar surface area (TPSA) is 97.9 Å². The molecule has 15 heavy (non-hydrogen) atoms. The van der Waals surface area contributed by atoms with Gasteiger partial charge in [0.05, 0.1) is 6.33 Å². The molecule has 0 fully saturated rings. The van der Waals surface area contributed by atoms with Gasteiger partial charge in [0.1, 0.15) is 6.54 Å². The molecule has 0 amide bonds. The fourth-order valence-electron chi connectivity index (χ4n) is 1.11. The smallest absolute Gasteiger partial charge is 0.278 e. The fraction of sp³-hybridized carbons (Fsp3) is 0.125. The third-order valence-corrected chi connectivity index (χ3v) is 1.77. The highest BCUT2D eigenvalue weighted by atomic mass is 16.5. The number of nitrogens with one attached hydrogen (secondary N) is 2. The summed E-state index contributed by atoms with van der Waals surface area (Å²) < 4.78 is 0. The second-order valence-corrected chi connectivity index (χ2v) is 2.75. The number of imidazole rings is 1. The van der Waals surface area contributed by atoms with Gasteiger partial charge in [-0.15, -0.1) is 6.42 Å². The monoisotopic (exact) mass is 205 g/mol. The average Bonchev–Trinajstić information content (AvgIpc) is 2.66. The minimum absolute atomic E-state index is 0.0300. The molecular weight excluding hydrogens is 198 g/mol. The van der Waals surface area contributed by atoms with Crippen LogP contribution < -0.4 is 10.6 Å². The molecule has 0 bridgehead atoms. The van der Waals surface area contributed by atoms with Crippen molar-refractivity contribution >= 4 is 17.1 Å². The Labute approximate surface area is 83.7 Å². The third kappa shape index (κ3) is 1.53. The Hall–Kier alpha value is -2.33. The van der Waals surface area contributed by atoms with Gasteiger partial charge in [-0.1, -0.05) is 5.92 Å². The van der Waals surface area contributed by atoms with Crippen LogP contribution in [0, 0.1) is 12.3 Å². The number of hydrogen-bond acceptors (Lipinski definition) is 5. The lowest BCUT2D eigenvalue weighted by molar-refractivity contribution is 0.261. The molecule has 0 saturated heterocycles. The summed E-state index contributed by atoms with van der Waals surface area (Å²) in [6.45, 7) is -0.0706. The van der Waals surface area contributed by atoms with Gasteiger partial charge < -0.3 is 4.98 Å². The number of hydrogen-bond donors (Lipinski definition) is 3. The first-order chi connectivity index (χ1) is 7.22. The lowest BCUT2D eigenvalue weighted by atomic mass is 10.5. The molecule has 7 nitrogen and oxygen atoms in total. The van der Waals surface area contributed by atoms with E-state index in [-0.39, 0.29) is 23.7 Å². The van der Waals surface area contributed by atoms with Crippen LogP contribution in [0.1, 0.15) is 0 Å². The van der Waals surface area contributed by atoms with Crippen LogP contribution in [0.3, 0.4) is 0 Å².